The van der Waals surface area contributed by atoms with E-state index in [4.69, 9.17) is 29.8 Å². The minimum Gasteiger partial charge on any atom is -0.387 e. The van der Waals surface area contributed by atoms with Crippen LogP contribution >= 0.6 is 50.3 Å². The van der Waals surface area contributed by atoms with Crippen molar-refractivity contribution in [2.75, 3.05) is 24.7 Å². The Balaban J connectivity index is 1.17. The molecule has 238 valence electrons. The van der Waals surface area contributed by atoms with Crippen molar-refractivity contribution in [3.8, 4) is 0 Å². The molecule has 44 heavy (non-hydrogen) atoms. The van der Waals surface area contributed by atoms with E-state index in [1.54, 1.807) is 6.07 Å². The molecule has 0 spiro atoms. The summed E-state index contributed by atoms with van der Waals surface area (Å²) in [6.07, 6.45) is -2.59. The zero-order valence-electron chi connectivity index (χ0n) is 22.2. The average Bonchev–Trinajstić information content (AvgIpc) is 3.73. The second-order valence-corrected chi connectivity index (χ2v) is 16.1. The predicted molar refractivity (Wildman–Crippen MR) is 166 cm³/mol. The Kier molecular flexibility index (Phi) is 9.06. The maximum Gasteiger partial charge on any atom is 0.386 e. The third-order valence-electron chi connectivity index (χ3n) is 7.04. The highest BCUT2D eigenvalue weighted by Crippen LogP contribution is 2.59. The number of aliphatic hydroxyl groups is 1. The van der Waals surface area contributed by atoms with Crippen LogP contribution < -0.4 is 17.0 Å². The monoisotopic (exact) mass is 709 g/mol. The molecule has 2 unspecified atom stereocenters. The van der Waals surface area contributed by atoms with Crippen LogP contribution in [0, 0.1) is 0 Å². The van der Waals surface area contributed by atoms with Crippen molar-refractivity contribution in [1.29, 1.82) is 0 Å². The lowest BCUT2D eigenvalue weighted by Crippen LogP contribution is -2.31. The number of thioether (sulfide) groups is 1. The molecule has 0 bridgehead atoms. The molecule has 0 aliphatic carbocycles. The van der Waals surface area contributed by atoms with Gasteiger partial charge in [-0.05, 0) is 12.5 Å². The summed E-state index contributed by atoms with van der Waals surface area (Å²) in [5.41, 5.74) is 11.5. The highest BCUT2D eigenvalue weighted by atomic mass is 32.7. The number of fused-ring (bicyclic) bond motifs is 2. The molecule has 17 nitrogen and oxygen atoms in total. The largest absolute Gasteiger partial charge is 0.387 e. The van der Waals surface area contributed by atoms with Crippen LogP contribution in [0.2, 0.25) is 0 Å². The summed E-state index contributed by atoms with van der Waals surface area (Å²) in [5, 5.41) is 10.1. The van der Waals surface area contributed by atoms with Gasteiger partial charge in [-0.3, -0.25) is 28.0 Å². The molecule has 6 heterocycles. The zero-order chi connectivity index (χ0) is 31.3. The number of nitrogens with one attached hydrogen (secondary N) is 1. The second-order valence-electron chi connectivity index (χ2n) is 9.86. The van der Waals surface area contributed by atoms with Gasteiger partial charge in [0, 0.05) is 11.4 Å². The summed E-state index contributed by atoms with van der Waals surface area (Å²) in [4.78, 5) is 31.0. The van der Waals surface area contributed by atoms with E-state index in [1.807, 2.05) is 0 Å². The number of hydrogen-bond acceptors (Lipinski definition) is 15. The number of H-pyrrole nitrogens is 1. The number of rotatable bonds is 10. The number of anilines is 2. The molecule has 0 radical (unpaired) electrons. The van der Waals surface area contributed by atoms with Gasteiger partial charge in [0.25, 0.3) is 5.56 Å². The summed E-state index contributed by atoms with van der Waals surface area (Å²) < 4.78 is 65.3. The number of ether oxygens (including phenoxy) is 1. The third kappa shape index (κ3) is 6.27. The van der Waals surface area contributed by atoms with Crippen molar-refractivity contribution in [2.24, 2.45) is 0 Å². The molecule has 23 heteroatoms. The fraction of sp³-hybridized carbons (Fsp3) is 0.476. The number of aliphatic hydroxyl groups excluding tert-OH is 1. The highest BCUT2D eigenvalue weighted by Gasteiger charge is 2.47. The summed E-state index contributed by atoms with van der Waals surface area (Å²) in [6, 6.07) is 1.60. The Hall–Kier alpha value is -2.19. The SMILES string of the molecule is Nc1nc2c(ncn2[C@@H]2S[C@H](CO[PH](=O)S)C[C@H]2OP(=O)(S)OC[C@H]2O[C@@H](n3ccc4c(N)ncnc43)[C@@H](F)[C@@H]2O)c(=O)[nH]1. The first-order valence-corrected chi connectivity index (χ1v) is 19.1. The smallest absolute Gasteiger partial charge is 0.386 e. The fourth-order valence-corrected chi connectivity index (χ4v) is 8.83. The summed E-state index contributed by atoms with van der Waals surface area (Å²) in [6.45, 7) is -4.68. The number of alkyl halides is 1. The molecule has 0 amide bonds. The average molecular weight is 710 g/mol. The van der Waals surface area contributed by atoms with Gasteiger partial charge in [-0.1, -0.05) is 24.5 Å². The van der Waals surface area contributed by atoms with Gasteiger partial charge in [-0.25, -0.2) is 23.9 Å². The number of hydrogen-bond donors (Lipinski definition) is 6. The van der Waals surface area contributed by atoms with E-state index < -0.39 is 62.3 Å². The van der Waals surface area contributed by atoms with E-state index in [9.17, 15) is 19.0 Å². The Morgan fingerprint density at radius 2 is 2.07 bits per heavy atom. The normalized spacial score (nSPS) is 29.4. The number of aromatic nitrogens is 7. The molecule has 4 aromatic heterocycles. The van der Waals surface area contributed by atoms with Crippen LogP contribution in [0.3, 0.4) is 0 Å². The quantitative estimate of drug-likeness (QED) is 0.102. The van der Waals surface area contributed by atoms with Crippen molar-refractivity contribution in [1.82, 2.24) is 34.1 Å². The summed E-state index contributed by atoms with van der Waals surface area (Å²) in [5.74, 6) is 0.0625. The summed E-state index contributed by atoms with van der Waals surface area (Å²) >= 11 is 9.23. The Morgan fingerprint density at radius 3 is 2.84 bits per heavy atom. The van der Waals surface area contributed by atoms with Crippen LogP contribution in [0.15, 0.2) is 29.7 Å². The van der Waals surface area contributed by atoms with Crippen LogP contribution in [0.25, 0.3) is 22.2 Å². The maximum absolute atomic E-state index is 15.2. The molecule has 2 fully saturated rings. The van der Waals surface area contributed by atoms with Gasteiger partial charge in [-0.2, -0.15) is 4.98 Å². The number of nitrogens with zero attached hydrogens (tertiary/aromatic N) is 6. The van der Waals surface area contributed by atoms with Crippen LogP contribution in [0.5, 0.6) is 0 Å². The van der Waals surface area contributed by atoms with E-state index in [2.05, 4.69) is 49.4 Å². The molecule has 6 N–H and O–H groups in total. The topological polar surface area (TPSA) is 238 Å². The number of nitrogen functional groups attached to an aromatic ring is 2. The molecule has 6 rings (SSSR count). The van der Waals surface area contributed by atoms with E-state index >= 15 is 4.39 Å². The predicted octanol–water partition coefficient (Wildman–Crippen LogP) is 2.11. The standard InChI is InChI=1S/C21H26FN9O8P2S3/c22-12-14(32)11(38-19(12)30-2-1-9-15(23)25-6-26-16(9)30)5-37-41(35,43)39-10-3-8(4-36-40(34)42)44-20(10)31-7-27-13-17(31)28-21(24)29-18(13)33/h1-2,6-8,10-12,14,19-20,32,40H,3-5H2,(H,34,42)(H,35,43)(H2,23,25,26)(H3,24,28,29,33)/t8-,10+,11+,12-,14+,19+,20+,41?/m0/s1. The van der Waals surface area contributed by atoms with Gasteiger partial charge in [-0.15, -0.1) is 11.8 Å². The maximum atomic E-state index is 15.2. The van der Waals surface area contributed by atoms with E-state index in [1.165, 1.54) is 39.7 Å². The van der Waals surface area contributed by atoms with Gasteiger partial charge in [0.1, 0.15) is 35.4 Å². The van der Waals surface area contributed by atoms with Crippen LogP contribution in [-0.2, 0) is 27.4 Å². The molecule has 0 aromatic carbocycles. The fourth-order valence-electron chi connectivity index (χ4n) is 5.09. The zero-order valence-corrected chi connectivity index (χ0v) is 26.7. The first-order valence-electron chi connectivity index (χ1n) is 12.9. The number of imidazole rings is 1. The van der Waals surface area contributed by atoms with Gasteiger partial charge in [0.15, 0.2) is 23.6 Å². The van der Waals surface area contributed by atoms with Crippen molar-refractivity contribution in [3.05, 3.63) is 35.3 Å². The molecule has 2 aliphatic rings. The van der Waals surface area contributed by atoms with E-state index in [0.29, 0.717) is 11.0 Å². The van der Waals surface area contributed by atoms with Gasteiger partial charge >= 0.3 is 6.80 Å². The minimum absolute atomic E-state index is 0.0243. The lowest BCUT2D eigenvalue weighted by Gasteiger charge is -2.24. The lowest BCUT2D eigenvalue weighted by atomic mass is 10.1. The molecular formula is C21H26FN9O8P2S3. The first kappa shape index (κ1) is 31.8. The summed E-state index contributed by atoms with van der Waals surface area (Å²) in [7, 11) is -2.53. The minimum atomic E-state index is -4.18. The second kappa shape index (κ2) is 12.5. The molecule has 4 aromatic rings. The Bertz CT molecular complexity index is 1830. The van der Waals surface area contributed by atoms with E-state index in [0.717, 1.165) is 0 Å². The Labute approximate surface area is 262 Å². The van der Waals surface area contributed by atoms with E-state index in [-0.39, 0.29) is 41.2 Å². The van der Waals surface area contributed by atoms with Crippen LogP contribution in [-0.4, -0.2) is 82.1 Å². The first-order chi connectivity index (χ1) is 20.9. The lowest BCUT2D eigenvalue weighted by molar-refractivity contribution is -0.0432. The van der Waals surface area contributed by atoms with Crippen molar-refractivity contribution < 1.29 is 36.9 Å². The van der Waals surface area contributed by atoms with Gasteiger partial charge < -0.3 is 30.4 Å². The molecule has 9 atom stereocenters. The van der Waals surface area contributed by atoms with Gasteiger partial charge in [0.05, 0.1) is 31.0 Å². The molecular weight excluding hydrogens is 683 g/mol. The number of aromatic amines is 1. The molecule has 2 aliphatic heterocycles. The van der Waals surface area contributed by atoms with Gasteiger partial charge in [0.2, 0.25) is 13.2 Å². The van der Waals surface area contributed by atoms with Crippen molar-refractivity contribution in [2.45, 2.75) is 47.8 Å². The van der Waals surface area contributed by atoms with Crippen LogP contribution in [0.4, 0.5) is 16.2 Å². The number of halogens is 1. The van der Waals surface area contributed by atoms with Crippen molar-refractivity contribution >= 4 is 84.3 Å². The number of nitrogens with two attached hydrogens (primary N) is 2. The number of thiol groups is 2. The molecule has 0 saturated carbocycles. The van der Waals surface area contributed by atoms with Crippen LogP contribution in [0.1, 0.15) is 18.0 Å². The van der Waals surface area contributed by atoms with Crippen molar-refractivity contribution in [3.63, 3.8) is 0 Å². The Morgan fingerprint density at radius 1 is 1.27 bits per heavy atom. The third-order valence-corrected chi connectivity index (χ3v) is 11.0. The molecule has 2 saturated heterocycles. The highest BCUT2D eigenvalue weighted by molar-refractivity contribution is 8.44.